The third-order valence-electron chi connectivity index (χ3n) is 1.66. The quantitative estimate of drug-likeness (QED) is 0.376. The summed E-state index contributed by atoms with van der Waals surface area (Å²) >= 11 is 7.46. The molecule has 5 heteroatoms. The van der Waals surface area contributed by atoms with E-state index in [1.807, 2.05) is 12.1 Å². The maximum atomic E-state index is 11.5. The average Bonchev–Trinajstić information content (AvgIpc) is 2.19. The Morgan fingerprint density at radius 1 is 1.43 bits per heavy atom. The van der Waals surface area contributed by atoms with Crippen molar-refractivity contribution >= 4 is 66.9 Å². The van der Waals surface area contributed by atoms with E-state index in [1.54, 1.807) is 7.11 Å². The second-order valence-corrected chi connectivity index (χ2v) is 5.41. The Morgan fingerprint density at radius 3 is 2.57 bits per heavy atom. The molecule has 0 saturated carbocycles. The number of alkyl halides is 1. The fourth-order valence-corrected chi connectivity index (χ4v) is 2.70. The lowest BCUT2D eigenvalue weighted by molar-refractivity contribution is 0.102. The van der Waals surface area contributed by atoms with E-state index in [9.17, 15) is 4.79 Å². The van der Waals surface area contributed by atoms with E-state index < -0.39 is 0 Å². The SMILES string of the molecule is COc1cc(I)c(C(=O)CBr)cc1I. The molecule has 1 aromatic carbocycles. The van der Waals surface area contributed by atoms with Gasteiger partial charge in [0.05, 0.1) is 16.0 Å². The maximum Gasteiger partial charge on any atom is 0.174 e. The average molecular weight is 481 g/mol. The zero-order chi connectivity index (χ0) is 10.7. The third kappa shape index (κ3) is 2.82. The van der Waals surface area contributed by atoms with Crippen LogP contribution in [-0.4, -0.2) is 18.2 Å². The fourth-order valence-electron chi connectivity index (χ4n) is 0.971. The predicted octanol–water partition coefficient (Wildman–Crippen LogP) is 3.48. The van der Waals surface area contributed by atoms with Crippen molar-refractivity contribution in [1.82, 2.24) is 0 Å². The number of ketones is 1. The van der Waals surface area contributed by atoms with Crippen LogP contribution < -0.4 is 4.74 Å². The van der Waals surface area contributed by atoms with Gasteiger partial charge in [0, 0.05) is 9.13 Å². The zero-order valence-corrected chi connectivity index (χ0v) is 13.2. The van der Waals surface area contributed by atoms with E-state index in [4.69, 9.17) is 4.74 Å². The molecule has 1 rings (SSSR count). The number of benzene rings is 1. The summed E-state index contributed by atoms with van der Waals surface area (Å²) in [6.07, 6.45) is 0. The Hall–Kier alpha value is 0.630. The molecule has 2 nitrogen and oxygen atoms in total. The number of hydrogen-bond donors (Lipinski definition) is 0. The summed E-state index contributed by atoms with van der Waals surface area (Å²) in [4.78, 5) is 11.5. The van der Waals surface area contributed by atoms with Crippen molar-refractivity contribution < 1.29 is 9.53 Å². The van der Waals surface area contributed by atoms with Crippen LogP contribution in [0.1, 0.15) is 10.4 Å². The van der Waals surface area contributed by atoms with Gasteiger partial charge < -0.3 is 4.74 Å². The van der Waals surface area contributed by atoms with Crippen LogP contribution in [0.15, 0.2) is 12.1 Å². The first-order chi connectivity index (χ1) is 6.60. The topological polar surface area (TPSA) is 26.3 Å². The minimum atomic E-state index is 0.0926. The van der Waals surface area contributed by atoms with Gasteiger partial charge in [-0.05, 0) is 57.3 Å². The Morgan fingerprint density at radius 2 is 2.07 bits per heavy atom. The highest BCUT2D eigenvalue weighted by molar-refractivity contribution is 14.1. The van der Waals surface area contributed by atoms with Gasteiger partial charge in [-0.3, -0.25) is 4.79 Å². The first-order valence-electron chi connectivity index (χ1n) is 3.72. The number of carbonyl (C=O) groups is 1. The molecule has 0 aliphatic rings. The molecule has 0 spiro atoms. The monoisotopic (exact) mass is 480 g/mol. The summed E-state index contributed by atoms with van der Waals surface area (Å²) in [5, 5.41) is 0.353. The van der Waals surface area contributed by atoms with E-state index in [2.05, 4.69) is 61.1 Å². The number of carbonyl (C=O) groups excluding carboxylic acids is 1. The lowest BCUT2D eigenvalue weighted by Gasteiger charge is -2.07. The van der Waals surface area contributed by atoms with E-state index in [0.29, 0.717) is 5.33 Å². The van der Waals surface area contributed by atoms with Crippen LogP contribution in [0.2, 0.25) is 0 Å². The Kier molecular flexibility index (Phi) is 5.12. The first-order valence-corrected chi connectivity index (χ1v) is 7.00. The van der Waals surface area contributed by atoms with Crippen LogP contribution >= 0.6 is 61.1 Å². The summed E-state index contributed by atoms with van der Waals surface area (Å²) in [6.45, 7) is 0. The lowest BCUT2D eigenvalue weighted by atomic mass is 10.1. The maximum absolute atomic E-state index is 11.5. The molecule has 14 heavy (non-hydrogen) atoms. The van der Waals surface area contributed by atoms with E-state index in [1.165, 1.54) is 0 Å². The molecule has 76 valence electrons. The van der Waals surface area contributed by atoms with Crippen molar-refractivity contribution in [2.75, 3.05) is 12.4 Å². The fraction of sp³-hybridized carbons (Fsp3) is 0.222. The number of methoxy groups -OCH3 is 1. The van der Waals surface area contributed by atoms with Crippen molar-refractivity contribution in [2.45, 2.75) is 0 Å². The molecule has 0 aliphatic carbocycles. The molecule has 1 aromatic rings. The van der Waals surface area contributed by atoms with Crippen LogP contribution in [0.25, 0.3) is 0 Å². The van der Waals surface area contributed by atoms with Gasteiger partial charge in [-0.2, -0.15) is 0 Å². The molecule has 0 saturated heterocycles. The van der Waals surface area contributed by atoms with Gasteiger partial charge in [0.2, 0.25) is 0 Å². The summed E-state index contributed by atoms with van der Waals surface area (Å²) in [6, 6.07) is 3.73. The largest absolute Gasteiger partial charge is 0.496 e. The molecule has 0 fully saturated rings. The van der Waals surface area contributed by atoms with Crippen LogP contribution in [0, 0.1) is 7.14 Å². The highest BCUT2D eigenvalue weighted by atomic mass is 127. The van der Waals surface area contributed by atoms with Crippen LogP contribution in [0.4, 0.5) is 0 Å². The molecular formula is C9H7BrI2O2. The Balaban J connectivity index is 3.21. The number of ether oxygens (including phenoxy) is 1. The Labute approximate surface area is 118 Å². The van der Waals surface area contributed by atoms with Crippen LogP contribution in [0.3, 0.4) is 0 Å². The van der Waals surface area contributed by atoms with E-state index in [0.717, 1.165) is 18.5 Å². The summed E-state index contributed by atoms with van der Waals surface area (Å²) in [5.41, 5.74) is 0.743. The minimum Gasteiger partial charge on any atom is -0.496 e. The minimum absolute atomic E-state index is 0.0926. The van der Waals surface area contributed by atoms with Gasteiger partial charge >= 0.3 is 0 Å². The molecule has 0 radical (unpaired) electrons. The molecular weight excluding hydrogens is 474 g/mol. The summed E-state index contributed by atoms with van der Waals surface area (Å²) in [5.74, 6) is 0.899. The molecule has 0 aromatic heterocycles. The van der Waals surface area contributed by atoms with Crippen molar-refractivity contribution in [2.24, 2.45) is 0 Å². The molecule has 0 amide bonds. The van der Waals surface area contributed by atoms with Gasteiger partial charge in [-0.25, -0.2) is 0 Å². The van der Waals surface area contributed by atoms with Gasteiger partial charge in [-0.15, -0.1) is 0 Å². The van der Waals surface area contributed by atoms with Crippen molar-refractivity contribution in [3.05, 3.63) is 24.8 Å². The number of rotatable bonds is 3. The smallest absolute Gasteiger partial charge is 0.174 e. The third-order valence-corrected chi connectivity index (χ3v) is 3.91. The zero-order valence-electron chi connectivity index (χ0n) is 7.31. The second-order valence-electron chi connectivity index (χ2n) is 2.52. The number of hydrogen-bond acceptors (Lipinski definition) is 2. The van der Waals surface area contributed by atoms with Gasteiger partial charge in [0.15, 0.2) is 5.78 Å². The molecule has 0 N–H and O–H groups in total. The van der Waals surface area contributed by atoms with Crippen molar-refractivity contribution in [1.29, 1.82) is 0 Å². The standard InChI is InChI=1S/C9H7BrI2O2/c1-14-9-3-6(11)5(2-7(9)12)8(13)4-10/h2-3H,4H2,1H3. The second kappa shape index (κ2) is 5.64. The van der Waals surface area contributed by atoms with Crippen LogP contribution in [0.5, 0.6) is 5.75 Å². The van der Waals surface area contributed by atoms with Gasteiger partial charge in [-0.1, -0.05) is 15.9 Å². The number of Topliss-reactive ketones (excluding diaryl/α,β-unsaturated/α-hetero) is 1. The normalized spacial score (nSPS) is 10.0. The van der Waals surface area contributed by atoms with Crippen molar-refractivity contribution in [3.63, 3.8) is 0 Å². The molecule has 0 heterocycles. The van der Waals surface area contributed by atoms with Gasteiger partial charge in [0.25, 0.3) is 0 Å². The summed E-state index contributed by atoms with van der Waals surface area (Å²) < 4.78 is 7.03. The molecule has 0 atom stereocenters. The summed E-state index contributed by atoms with van der Waals surface area (Å²) in [7, 11) is 1.62. The van der Waals surface area contributed by atoms with Gasteiger partial charge in [0.1, 0.15) is 5.75 Å². The highest BCUT2D eigenvalue weighted by Gasteiger charge is 2.12. The molecule has 0 unspecified atom stereocenters. The lowest BCUT2D eigenvalue weighted by Crippen LogP contribution is -2.04. The predicted molar refractivity (Wildman–Crippen MR) is 76.6 cm³/mol. The highest BCUT2D eigenvalue weighted by Crippen LogP contribution is 2.26. The van der Waals surface area contributed by atoms with Crippen molar-refractivity contribution in [3.8, 4) is 5.75 Å². The molecule has 0 bridgehead atoms. The first kappa shape index (κ1) is 12.7. The Bertz CT molecular complexity index is 366. The molecule has 0 aliphatic heterocycles. The van der Waals surface area contributed by atoms with E-state index in [-0.39, 0.29) is 5.78 Å². The van der Waals surface area contributed by atoms with Crippen LogP contribution in [-0.2, 0) is 0 Å². The number of halogens is 3. The van der Waals surface area contributed by atoms with E-state index >= 15 is 0 Å².